The predicted octanol–water partition coefficient (Wildman–Crippen LogP) is 4.17. The zero-order valence-corrected chi connectivity index (χ0v) is 14.9. The van der Waals surface area contributed by atoms with Crippen LogP contribution in [0.5, 0.6) is 0 Å². The quantitative estimate of drug-likeness (QED) is 0.882. The Labute approximate surface area is 134 Å². The van der Waals surface area contributed by atoms with Gasteiger partial charge in [-0.2, -0.15) is 11.8 Å². The Morgan fingerprint density at radius 1 is 1.14 bits per heavy atom. The van der Waals surface area contributed by atoms with Gasteiger partial charge in [0.25, 0.3) is 0 Å². The van der Waals surface area contributed by atoms with E-state index in [1.54, 1.807) is 0 Å². The second-order valence-corrected chi connectivity index (χ2v) is 7.67. The highest BCUT2D eigenvalue weighted by atomic mass is 32.2. The average molecular weight is 308 g/mol. The third-order valence-electron chi connectivity index (χ3n) is 4.92. The van der Waals surface area contributed by atoms with E-state index in [-0.39, 0.29) is 0 Å². The molecule has 1 fully saturated rings. The van der Waals surface area contributed by atoms with Crippen molar-refractivity contribution < 1.29 is 4.74 Å². The Morgan fingerprint density at radius 2 is 1.76 bits per heavy atom. The normalized spacial score (nSPS) is 19.5. The number of aryl methyl sites for hydroxylation is 3. The van der Waals surface area contributed by atoms with Crippen LogP contribution in [0.2, 0.25) is 0 Å². The van der Waals surface area contributed by atoms with Crippen LogP contribution in [0.1, 0.15) is 48.1 Å². The molecule has 0 radical (unpaired) electrons. The lowest BCUT2D eigenvalue weighted by molar-refractivity contribution is 0.0766. The largest absolute Gasteiger partial charge is 0.381 e. The number of benzene rings is 1. The van der Waals surface area contributed by atoms with Gasteiger partial charge in [-0.1, -0.05) is 12.1 Å². The summed E-state index contributed by atoms with van der Waals surface area (Å²) in [5, 5.41) is 3.77. The van der Waals surface area contributed by atoms with Gasteiger partial charge in [0.1, 0.15) is 0 Å². The molecule has 0 aliphatic carbocycles. The van der Waals surface area contributed by atoms with Crippen LogP contribution < -0.4 is 5.32 Å². The fourth-order valence-electron chi connectivity index (χ4n) is 3.09. The van der Waals surface area contributed by atoms with Crippen molar-refractivity contribution in [2.75, 3.05) is 26.0 Å². The summed E-state index contributed by atoms with van der Waals surface area (Å²) in [5.41, 5.74) is 5.59. The number of ether oxygens (including phenoxy) is 1. The van der Waals surface area contributed by atoms with E-state index < -0.39 is 0 Å². The molecule has 0 bridgehead atoms. The van der Waals surface area contributed by atoms with Gasteiger partial charge in [0.2, 0.25) is 0 Å². The summed E-state index contributed by atoms with van der Waals surface area (Å²) in [6.07, 6.45) is 4.54. The first-order chi connectivity index (χ1) is 9.97. The van der Waals surface area contributed by atoms with Gasteiger partial charge < -0.3 is 10.1 Å². The molecule has 21 heavy (non-hydrogen) atoms. The average Bonchev–Trinajstić information content (AvgIpc) is 2.49. The third kappa shape index (κ3) is 4.02. The minimum Gasteiger partial charge on any atom is -0.381 e. The molecule has 1 aromatic carbocycles. The lowest BCUT2D eigenvalue weighted by atomic mass is 9.95. The van der Waals surface area contributed by atoms with Crippen molar-refractivity contribution in [1.82, 2.24) is 5.32 Å². The van der Waals surface area contributed by atoms with Gasteiger partial charge in [-0.25, -0.2) is 0 Å². The number of rotatable bonds is 5. The van der Waals surface area contributed by atoms with Crippen molar-refractivity contribution >= 4 is 11.8 Å². The predicted molar refractivity (Wildman–Crippen MR) is 93.4 cm³/mol. The van der Waals surface area contributed by atoms with E-state index in [9.17, 15) is 0 Å². The van der Waals surface area contributed by atoms with Crippen molar-refractivity contribution in [3.05, 3.63) is 34.4 Å². The summed E-state index contributed by atoms with van der Waals surface area (Å²) in [7, 11) is 0. The molecule has 2 rings (SSSR count). The standard InChI is InChI=1S/C18H29NOS/c1-13-10-15(3)17(11-14(13)2)16(4)19-12-18(21-5)6-8-20-9-7-18/h10-11,16,19H,6-9,12H2,1-5H3/t16-/m1/s1. The van der Waals surface area contributed by atoms with E-state index in [0.717, 1.165) is 32.6 Å². The minimum atomic E-state index is 0.347. The first kappa shape index (κ1) is 16.9. The van der Waals surface area contributed by atoms with E-state index in [2.05, 4.69) is 51.4 Å². The Hall–Kier alpha value is -0.510. The van der Waals surface area contributed by atoms with Gasteiger partial charge in [0, 0.05) is 30.5 Å². The van der Waals surface area contributed by atoms with Crippen LogP contribution in [-0.4, -0.2) is 30.8 Å². The first-order valence-corrected chi connectivity index (χ1v) is 9.14. The van der Waals surface area contributed by atoms with Crippen molar-refractivity contribution in [1.29, 1.82) is 0 Å². The maximum absolute atomic E-state index is 5.52. The molecule has 1 heterocycles. The lowest BCUT2D eigenvalue weighted by Crippen LogP contribution is -2.43. The van der Waals surface area contributed by atoms with Crippen molar-refractivity contribution in [2.45, 2.75) is 51.3 Å². The molecule has 3 heteroatoms. The maximum Gasteiger partial charge on any atom is 0.0479 e. The van der Waals surface area contributed by atoms with E-state index in [1.807, 2.05) is 11.8 Å². The van der Waals surface area contributed by atoms with Crippen molar-refractivity contribution in [3.8, 4) is 0 Å². The van der Waals surface area contributed by atoms with Gasteiger partial charge in [0.05, 0.1) is 0 Å². The molecule has 1 aliphatic rings. The monoisotopic (exact) mass is 307 g/mol. The third-order valence-corrected chi connectivity index (χ3v) is 6.33. The minimum absolute atomic E-state index is 0.347. The number of nitrogens with one attached hydrogen (secondary N) is 1. The first-order valence-electron chi connectivity index (χ1n) is 7.91. The summed E-state index contributed by atoms with van der Waals surface area (Å²) in [4.78, 5) is 0. The van der Waals surface area contributed by atoms with E-state index in [4.69, 9.17) is 4.74 Å². The van der Waals surface area contributed by atoms with Crippen molar-refractivity contribution in [3.63, 3.8) is 0 Å². The molecule has 118 valence electrons. The highest BCUT2D eigenvalue weighted by Crippen LogP contribution is 2.34. The SMILES string of the molecule is CSC1(CN[C@H](C)c2cc(C)c(C)cc2C)CCOCC1. The summed E-state index contributed by atoms with van der Waals surface area (Å²) >= 11 is 2.00. The smallest absolute Gasteiger partial charge is 0.0479 e. The van der Waals surface area contributed by atoms with Gasteiger partial charge in [-0.15, -0.1) is 0 Å². The molecule has 0 spiro atoms. The molecule has 0 unspecified atom stereocenters. The van der Waals surface area contributed by atoms with Gasteiger partial charge >= 0.3 is 0 Å². The van der Waals surface area contributed by atoms with E-state index in [1.165, 1.54) is 22.3 Å². The van der Waals surface area contributed by atoms with Crippen molar-refractivity contribution in [2.24, 2.45) is 0 Å². The van der Waals surface area contributed by atoms with E-state index in [0.29, 0.717) is 10.8 Å². The van der Waals surface area contributed by atoms with Crippen LogP contribution in [-0.2, 0) is 4.74 Å². The fraction of sp³-hybridized carbons (Fsp3) is 0.667. The molecule has 1 N–H and O–H groups in total. The molecular weight excluding hydrogens is 278 g/mol. The van der Waals surface area contributed by atoms with Gasteiger partial charge in [-0.3, -0.25) is 0 Å². The molecule has 1 aromatic rings. The van der Waals surface area contributed by atoms with Crippen LogP contribution in [0.4, 0.5) is 0 Å². The lowest BCUT2D eigenvalue weighted by Gasteiger charge is -2.37. The molecule has 0 aromatic heterocycles. The zero-order valence-electron chi connectivity index (χ0n) is 14.1. The Balaban J connectivity index is 2.04. The Bertz CT molecular complexity index is 480. The Morgan fingerprint density at radius 3 is 2.38 bits per heavy atom. The molecule has 0 amide bonds. The Kier molecular flexibility index (Phi) is 5.75. The molecule has 2 nitrogen and oxygen atoms in total. The zero-order chi connectivity index (χ0) is 15.5. The highest BCUT2D eigenvalue weighted by molar-refractivity contribution is 8.00. The van der Waals surface area contributed by atoms with Crippen LogP contribution in [0, 0.1) is 20.8 Å². The molecular formula is C18H29NOS. The highest BCUT2D eigenvalue weighted by Gasteiger charge is 2.31. The second-order valence-electron chi connectivity index (χ2n) is 6.40. The number of thioether (sulfide) groups is 1. The summed E-state index contributed by atoms with van der Waals surface area (Å²) in [6, 6.07) is 5.05. The molecule has 1 aliphatic heterocycles. The molecule has 1 saturated heterocycles. The van der Waals surface area contributed by atoms with Crippen LogP contribution in [0.15, 0.2) is 12.1 Å². The van der Waals surface area contributed by atoms with Gasteiger partial charge in [0.15, 0.2) is 0 Å². The summed E-state index contributed by atoms with van der Waals surface area (Å²) in [6.45, 7) is 11.8. The number of hydrogen-bond donors (Lipinski definition) is 1. The molecule has 0 saturated carbocycles. The summed E-state index contributed by atoms with van der Waals surface area (Å²) in [5.74, 6) is 0. The van der Waals surface area contributed by atoms with Crippen LogP contribution in [0.3, 0.4) is 0 Å². The van der Waals surface area contributed by atoms with Crippen LogP contribution >= 0.6 is 11.8 Å². The maximum atomic E-state index is 5.52. The fourth-order valence-corrected chi connectivity index (χ4v) is 3.90. The van der Waals surface area contributed by atoms with E-state index >= 15 is 0 Å². The molecule has 1 atom stereocenters. The van der Waals surface area contributed by atoms with Gasteiger partial charge in [-0.05, 0) is 69.0 Å². The second kappa shape index (κ2) is 7.17. The number of hydrogen-bond acceptors (Lipinski definition) is 3. The summed E-state index contributed by atoms with van der Waals surface area (Å²) < 4.78 is 5.87. The topological polar surface area (TPSA) is 21.3 Å². The van der Waals surface area contributed by atoms with Crippen LogP contribution in [0.25, 0.3) is 0 Å².